The highest BCUT2D eigenvalue weighted by Crippen LogP contribution is 2.33. The van der Waals surface area contributed by atoms with Crippen molar-refractivity contribution in [3.8, 4) is 0 Å². The minimum atomic E-state index is -4.36. The van der Waals surface area contributed by atoms with Gasteiger partial charge in [-0.2, -0.15) is 13.2 Å². The number of likely N-dealkylation sites (N-methyl/N-ethyl adjacent to an activating group) is 1. The summed E-state index contributed by atoms with van der Waals surface area (Å²) in [7, 11) is 0. The van der Waals surface area contributed by atoms with Gasteiger partial charge in [0.05, 0.1) is 29.7 Å². The van der Waals surface area contributed by atoms with Crippen molar-refractivity contribution in [2.24, 2.45) is 0 Å². The first-order chi connectivity index (χ1) is 13.2. The van der Waals surface area contributed by atoms with Gasteiger partial charge < -0.3 is 14.4 Å². The van der Waals surface area contributed by atoms with Crippen LogP contribution in [0.2, 0.25) is 0 Å². The molecule has 2 aromatic rings. The Labute approximate surface area is 163 Å². The van der Waals surface area contributed by atoms with Gasteiger partial charge >= 0.3 is 6.18 Å². The van der Waals surface area contributed by atoms with E-state index in [4.69, 9.17) is 0 Å². The molecule has 0 spiro atoms. The maximum Gasteiger partial charge on any atom is 0.416 e. The molecule has 28 heavy (non-hydrogen) atoms. The summed E-state index contributed by atoms with van der Waals surface area (Å²) in [6.45, 7) is 9.52. The molecule has 0 aliphatic carbocycles. The molecule has 2 heterocycles. The number of aryl methyl sites for hydroxylation is 1. The van der Waals surface area contributed by atoms with Crippen molar-refractivity contribution < 1.29 is 22.9 Å². The van der Waals surface area contributed by atoms with Crippen LogP contribution in [0.4, 0.5) is 13.2 Å². The summed E-state index contributed by atoms with van der Waals surface area (Å²) in [5.74, 6) is 0.921. The molecular weight excluding hydrogens is 369 g/mol. The molecule has 1 fully saturated rings. The summed E-state index contributed by atoms with van der Waals surface area (Å²) < 4.78 is 41.0. The van der Waals surface area contributed by atoms with Gasteiger partial charge in [-0.05, 0) is 39.0 Å². The number of alkyl halides is 3. The van der Waals surface area contributed by atoms with E-state index in [-0.39, 0.29) is 11.9 Å². The van der Waals surface area contributed by atoms with Crippen LogP contribution in [0.1, 0.15) is 44.1 Å². The van der Waals surface area contributed by atoms with Crippen LogP contribution in [0.5, 0.6) is 0 Å². The minimum absolute atomic E-state index is 0.183. The molecule has 1 aliphatic heterocycles. The number of nitrogens with zero attached hydrogens (tertiary/aromatic N) is 3. The first-order valence-corrected chi connectivity index (χ1v) is 9.91. The summed E-state index contributed by atoms with van der Waals surface area (Å²) in [4.78, 5) is 19.8. The predicted octanol–water partition coefficient (Wildman–Crippen LogP) is 2.45. The standard InChI is InChI=1S/C20H27F3N4O/c1-4-26(5-2)19(28)13-25-10-8-16(9-11-25)27-14(3)24-17-12-15(20(21,22)23)6-7-18(17)27/h6-7,12,16H,4-5,8-11,13H2,1-3H3/p+1. The number of aromatic nitrogens is 2. The normalized spacial score (nSPS) is 20.5. The van der Waals surface area contributed by atoms with Crippen LogP contribution in [0, 0.1) is 6.92 Å². The van der Waals surface area contributed by atoms with Gasteiger partial charge in [-0.3, -0.25) is 4.79 Å². The van der Waals surface area contributed by atoms with Crippen molar-refractivity contribution in [1.29, 1.82) is 0 Å². The molecule has 0 saturated carbocycles. The number of hydrogen-bond donors (Lipinski definition) is 1. The lowest BCUT2D eigenvalue weighted by Crippen LogP contribution is -3.14. The van der Waals surface area contributed by atoms with Crippen molar-refractivity contribution in [2.75, 3.05) is 32.7 Å². The molecule has 0 radical (unpaired) electrons. The Morgan fingerprint density at radius 2 is 1.89 bits per heavy atom. The first kappa shape index (κ1) is 20.6. The highest BCUT2D eigenvalue weighted by Gasteiger charge is 2.32. The molecule has 8 heteroatoms. The van der Waals surface area contributed by atoms with E-state index in [2.05, 4.69) is 9.55 Å². The van der Waals surface area contributed by atoms with Crippen molar-refractivity contribution in [3.05, 3.63) is 29.6 Å². The maximum atomic E-state index is 13.0. The highest BCUT2D eigenvalue weighted by molar-refractivity contribution is 5.77. The third kappa shape index (κ3) is 4.16. The van der Waals surface area contributed by atoms with Gasteiger partial charge in [-0.15, -0.1) is 0 Å². The zero-order valence-corrected chi connectivity index (χ0v) is 16.6. The van der Waals surface area contributed by atoms with Gasteiger partial charge in [0, 0.05) is 32.0 Å². The average Bonchev–Trinajstić information content (AvgIpc) is 2.97. The molecule has 154 valence electrons. The fourth-order valence-corrected chi connectivity index (χ4v) is 4.20. The van der Waals surface area contributed by atoms with E-state index in [1.165, 1.54) is 11.0 Å². The van der Waals surface area contributed by atoms with E-state index in [0.717, 1.165) is 62.5 Å². The van der Waals surface area contributed by atoms with E-state index >= 15 is 0 Å². The van der Waals surface area contributed by atoms with E-state index in [1.807, 2.05) is 25.7 Å². The zero-order valence-electron chi connectivity index (χ0n) is 16.6. The number of nitrogens with one attached hydrogen (secondary N) is 1. The monoisotopic (exact) mass is 397 g/mol. The van der Waals surface area contributed by atoms with Crippen LogP contribution < -0.4 is 4.90 Å². The van der Waals surface area contributed by atoms with Crippen LogP contribution in [0.25, 0.3) is 11.0 Å². The van der Waals surface area contributed by atoms with Crippen LogP contribution in [0.3, 0.4) is 0 Å². The highest BCUT2D eigenvalue weighted by atomic mass is 19.4. The van der Waals surface area contributed by atoms with Crippen LogP contribution in [-0.4, -0.2) is 53.1 Å². The number of quaternary nitrogens is 1. The van der Waals surface area contributed by atoms with E-state index in [9.17, 15) is 18.0 Å². The third-order valence-electron chi connectivity index (χ3n) is 5.74. The van der Waals surface area contributed by atoms with E-state index in [0.29, 0.717) is 12.1 Å². The number of carbonyl (C=O) groups is 1. The molecular formula is C20H28F3N4O+. The largest absolute Gasteiger partial charge is 0.416 e. The molecule has 1 aromatic heterocycles. The number of benzene rings is 1. The number of amides is 1. The summed E-state index contributed by atoms with van der Waals surface area (Å²) in [5.41, 5.74) is 0.468. The minimum Gasteiger partial charge on any atom is -0.338 e. The fraction of sp³-hybridized carbons (Fsp3) is 0.600. The zero-order chi connectivity index (χ0) is 20.5. The smallest absolute Gasteiger partial charge is 0.338 e. The SMILES string of the molecule is CCN(CC)C(=O)C[NH+]1CCC(n2c(C)nc3cc(C(F)(F)F)ccc32)CC1. The summed E-state index contributed by atoms with van der Waals surface area (Å²) in [6, 6.07) is 3.99. The Kier molecular flexibility index (Phi) is 5.98. The summed E-state index contributed by atoms with van der Waals surface area (Å²) in [5, 5.41) is 0. The Morgan fingerprint density at radius 1 is 1.25 bits per heavy atom. The van der Waals surface area contributed by atoms with Gasteiger partial charge in [0.15, 0.2) is 6.54 Å². The van der Waals surface area contributed by atoms with Gasteiger partial charge in [-0.25, -0.2) is 4.98 Å². The molecule has 1 amide bonds. The number of likely N-dealkylation sites (tertiary alicyclic amines) is 1. The van der Waals surface area contributed by atoms with Crippen molar-refractivity contribution in [3.63, 3.8) is 0 Å². The average molecular weight is 397 g/mol. The van der Waals surface area contributed by atoms with Crippen LogP contribution in [0.15, 0.2) is 18.2 Å². The number of carbonyl (C=O) groups excluding carboxylic acids is 1. The van der Waals surface area contributed by atoms with Crippen molar-refractivity contribution in [2.45, 2.75) is 45.8 Å². The number of fused-ring (bicyclic) bond motifs is 1. The van der Waals surface area contributed by atoms with E-state index < -0.39 is 11.7 Å². The number of hydrogen-bond acceptors (Lipinski definition) is 2. The summed E-state index contributed by atoms with van der Waals surface area (Å²) in [6.07, 6.45) is -2.60. The maximum absolute atomic E-state index is 13.0. The lowest BCUT2D eigenvalue weighted by molar-refractivity contribution is -0.898. The number of rotatable bonds is 5. The molecule has 1 saturated heterocycles. The second-order valence-corrected chi connectivity index (χ2v) is 7.45. The number of halogens is 3. The Morgan fingerprint density at radius 3 is 2.46 bits per heavy atom. The van der Waals surface area contributed by atoms with Crippen molar-refractivity contribution in [1.82, 2.24) is 14.5 Å². The van der Waals surface area contributed by atoms with Crippen LogP contribution in [-0.2, 0) is 11.0 Å². The first-order valence-electron chi connectivity index (χ1n) is 9.91. The quantitative estimate of drug-likeness (QED) is 0.842. The predicted molar refractivity (Wildman–Crippen MR) is 101 cm³/mol. The van der Waals surface area contributed by atoms with Crippen molar-refractivity contribution >= 4 is 16.9 Å². The molecule has 0 atom stereocenters. The van der Waals surface area contributed by atoms with Gasteiger partial charge in [0.25, 0.3) is 5.91 Å². The molecule has 1 aromatic carbocycles. The number of piperidine rings is 1. The second kappa shape index (κ2) is 8.11. The molecule has 5 nitrogen and oxygen atoms in total. The lowest BCUT2D eigenvalue weighted by Gasteiger charge is -2.31. The molecule has 0 bridgehead atoms. The molecule has 3 rings (SSSR count). The Balaban J connectivity index is 1.71. The van der Waals surface area contributed by atoms with Gasteiger partial charge in [0.2, 0.25) is 0 Å². The second-order valence-electron chi connectivity index (χ2n) is 7.45. The van der Waals surface area contributed by atoms with E-state index in [1.54, 1.807) is 0 Å². The fourth-order valence-electron chi connectivity index (χ4n) is 4.20. The van der Waals surface area contributed by atoms with Gasteiger partial charge in [-0.1, -0.05) is 0 Å². The Hall–Kier alpha value is -2.09. The molecule has 1 aliphatic rings. The lowest BCUT2D eigenvalue weighted by atomic mass is 10.0. The van der Waals surface area contributed by atoms with Gasteiger partial charge in [0.1, 0.15) is 5.82 Å². The topological polar surface area (TPSA) is 42.6 Å². The number of imidazole rings is 1. The molecule has 1 N–H and O–H groups in total. The van der Waals surface area contributed by atoms with Crippen LogP contribution >= 0.6 is 0 Å². The third-order valence-corrected chi connectivity index (χ3v) is 5.74. The molecule has 0 unspecified atom stereocenters. The summed E-state index contributed by atoms with van der Waals surface area (Å²) >= 11 is 0. The Bertz CT molecular complexity index is 834.